The largest absolute Gasteiger partial charge is 0.346 e. The molecule has 0 aliphatic carbocycles. The molecule has 1 N–H and O–H groups in total. The number of carbonyl (C=O) groups is 1. The lowest BCUT2D eigenvalue weighted by molar-refractivity contribution is -0.120. The Morgan fingerprint density at radius 1 is 1.46 bits per heavy atom. The molecule has 1 atom stereocenters. The van der Waals surface area contributed by atoms with Crippen molar-refractivity contribution >= 4 is 40.7 Å². The third kappa shape index (κ3) is 4.75. The number of rotatable bonds is 3. The van der Waals surface area contributed by atoms with E-state index in [0.29, 0.717) is 0 Å². The summed E-state index contributed by atoms with van der Waals surface area (Å²) in [5, 5.41) is 2.55. The van der Waals surface area contributed by atoms with Gasteiger partial charge < -0.3 is 5.32 Å². The molecule has 0 heterocycles. The molecule has 0 aromatic rings. The second-order valence-electron chi connectivity index (χ2n) is 2.98. The van der Waals surface area contributed by atoms with Gasteiger partial charge in [0.2, 0.25) is 0 Å². The van der Waals surface area contributed by atoms with E-state index >= 15 is 0 Å². The first-order valence-corrected chi connectivity index (χ1v) is 4.92. The first-order chi connectivity index (χ1) is 5.79. The predicted molar refractivity (Wildman–Crippen MR) is 57.3 cm³/mol. The number of alkyl halides is 3. The van der Waals surface area contributed by atoms with Crippen LogP contribution in [0.15, 0.2) is 12.7 Å². The van der Waals surface area contributed by atoms with Crippen LogP contribution in [-0.4, -0.2) is 15.7 Å². The Hall–Kier alpha value is 0.0800. The van der Waals surface area contributed by atoms with Gasteiger partial charge in [-0.1, -0.05) is 54.7 Å². The summed E-state index contributed by atoms with van der Waals surface area (Å²) in [5.74, 6) is -0.412. The first-order valence-electron chi connectivity index (χ1n) is 3.79. The molecule has 0 aliphatic heterocycles. The average molecular weight is 245 g/mol. The molecule has 0 aromatic carbocycles. The van der Waals surface area contributed by atoms with Crippen molar-refractivity contribution in [3.05, 3.63) is 12.7 Å². The fourth-order valence-electron chi connectivity index (χ4n) is 0.731. The van der Waals surface area contributed by atoms with Crippen LogP contribution in [0, 0.1) is 5.92 Å². The lowest BCUT2D eigenvalue weighted by Crippen LogP contribution is -2.43. The molecule has 0 fully saturated rings. The summed E-state index contributed by atoms with van der Waals surface area (Å²) in [6.07, 6.45) is 1.61. The minimum atomic E-state index is -1.91. The molecule has 13 heavy (non-hydrogen) atoms. The normalized spacial score (nSPS) is 14.0. The first kappa shape index (κ1) is 13.1. The van der Waals surface area contributed by atoms with E-state index in [0.717, 1.165) is 0 Å². The SMILES string of the molecule is C=CC(NC(=O)C(Cl)(Cl)Cl)C(C)C. The Labute approximate surface area is 93.2 Å². The number of amides is 1. The highest BCUT2D eigenvalue weighted by molar-refractivity contribution is 6.76. The topological polar surface area (TPSA) is 29.1 Å². The highest BCUT2D eigenvalue weighted by Crippen LogP contribution is 2.26. The molecule has 0 spiro atoms. The van der Waals surface area contributed by atoms with Gasteiger partial charge in [0.15, 0.2) is 0 Å². The van der Waals surface area contributed by atoms with Crippen molar-refractivity contribution in [3.8, 4) is 0 Å². The summed E-state index contributed by atoms with van der Waals surface area (Å²) >= 11 is 16.1. The molecule has 0 saturated heterocycles. The van der Waals surface area contributed by atoms with Gasteiger partial charge in [-0.15, -0.1) is 6.58 Å². The summed E-state index contributed by atoms with van der Waals surface area (Å²) in [6.45, 7) is 7.44. The monoisotopic (exact) mass is 243 g/mol. The van der Waals surface area contributed by atoms with E-state index in [1.165, 1.54) is 0 Å². The molecule has 0 aliphatic rings. The number of carbonyl (C=O) groups excluding carboxylic acids is 1. The molecule has 0 aromatic heterocycles. The maximum absolute atomic E-state index is 11.2. The molecule has 76 valence electrons. The third-order valence-corrected chi connectivity index (χ3v) is 2.04. The number of hydrogen-bond donors (Lipinski definition) is 1. The number of hydrogen-bond acceptors (Lipinski definition) is 1. The van der Waals surface area contributed by atoms with E-state index in [4.69, 9.17) is 34.8 Å². The van der Waals surface area contributed by atoms with E-state index in [1.807, 2.05) is 13.8 Å². The quantitative estimate of drug-likeness (QED) is 0.600. The fraction of sp³-hybridized carbons (Fsp3) is 0.625. The summed E-state index contributed by atoms with van der Waals surface area (Å²) in [7, 11) is 0. The van der Waals surface area contributed by atoms with Gasteiger partial charge in [-0.2, -0.15) is 0 Å². The van der Waals surface area contributed by atoms with Crippen LogP contribution in [0.3, 0.4) is 0 Å². The highest BCUT2D eigenvalue weighted by Gasteiger charge is 2.32. The van der Waals surface area contributed by atoms with Crippen molar-refractivity contribution in [1.29, 1.82) is 0 Å². The summed E-state index contributed by atoms with van der Waals surface area (Å²) in [6, 6.07) is -0.178. The Kier molecular flexibility index (Phi) is 5.11. The van der Waals surface area contributed by atoms with Gasteiger partial charge in [0, 0.05) is 6.04 Å². The lowest BCUT2D eigenvalue weighted by Gasteiger charge is -2.20. The molecule has 0 bridgehead atoms. The second-order valence-corrected chi connectivity index (χ2v) is 5.26. The van der Waals surface area contributed by atoms with Crippen LogP contribution in [0.25, 0.3) is 0 Å². The van der Waals surface area contributed by atoms with Gasteiger partial charge >= 0.3 is 0 Å². The van der Waals surface area contributed by atoms with E-state index in [-0.39, 0.29) is 12.0 Å². The van der Waals surface area contributed by atoms with Crippen LogP contribution in [0.1, 0.15) is 13.8 Å². The third-order valence-electron chi connectivity index (χ3n) is 1.53. The zero-order chi connectivity index (χ0) is 10.6. The maximum Gasteiger partial charge on any atom is 0.272 e. The van der Waals surface area contributed by atoms with E-state index in [9.17, 15) is 4.79 Å². The average Bonchev–Trinajstić information content (AvgIpc) is 1.96. The van der Waals surface area contributed by atoms with Crippen LogP contribution >= 0.6 is 34.8 Å². The van der Waals surface area contributed by atoms with Gasteiger partial charge in [-0.25, -0.2) is 0 Å². The Morgan fingerprint density at radius 2 is 1.92 bits per heavy atom. The molecule has 1 amide bonds. The number of halogens is 3. The van der Waals surface area contributed by atoms with Crippen molar-refractivity contribution in [2.75, 3.05) is 0 Å². The van der Waals surface area contributed by atoms with E-state index in [2.05, 4.69) is 11.9 Å². The van der Waals surface area contributed by atoms with Crippen LogP contribution in [0.5, 0.6) is 0 Å². The molecule has 1 unspecified atom stereocenters. The summed E-state index contributed by atoms with van der Waals surface area (Å²) in [4.78, 5) is 11.2. The van der Waals surface area contributed by atoms with Gasteiger partial charge in [0.1, 0.15) is 0 Å². The Morgan fingerprint density at radius 3 is 2.15 bits per heavy atom. The van der Waals surface area contributed by atoms with Crippen molar-refractivity contribution in [2.45, 2.75) is 23.7 Å². The lowest BCUT2D eigenvalue weighted by atomic mass is 10.1. The summed E-state index contributed by atoms with van der Waals surface area (Å²) in [5.41, 5.74) is 0. The predicted octanol–water partition coefficient (Wildman–Crippen LogP) is 2.68. The molecule has 2 nitrogen and oxygen atoms in total. The Bertz CT molecular complexity index is 198. The van der Waals surface area contributed by atoms with Crippen LogP contribution in [0.4, 0.5) is 0 Å². The van der Waals surface area contributed by atoms with E-state index < -0.39 is 9.70 Å². The minimum Gasteiger partial charge on any atom is -0.346 e. The van der Waals surface area contributed by atoms with Crippen LogP contribution in [-0.2, 0) is 4.79 Å². The maximum atomic E-state index is 11.2. The van der Waals surface area contributed by atoms with Crippen LogP contribution < -0.4 is 5.32 Å². The van der Waals surface area contributed by atoms with Gasteiger partial charge in [-0.3, -0.25) is 4.79 Å². The van der Waals surface area contributed by atoms with Gasteiger partial charge in [0.25, 0.3) is 9.70 Å². The van der Waals surface area contributed by atoms with Gasteiger partial charge in [0.05, 0.1) is 0 Å². The zero-order valence-electron chi connectivity index (χ0n) is 7.48. The van der Waals surface area contributed by atoms with Crippen molar-refractivity contribution in [2.24, 2.45) is 5.92 Å². The molecule has 0 radical (unpaired) electrons. The molecular formula is C8H12Cl3NO. The molecule has 0 saturated carbocycles. The van der Waals surface area contributed by atoms with Crippen molar-refractivity contribution in [3.63, 3.8) is 0 Å². The van der Waals surface area contributed by atoms with Crippen LogP contribution in [0.2, 0.25) is 0 Å². The molecular weight excluding hydrogens is 232 g/mol. The minimum absolute atomic E-state index is 0.178. The second kappa shape index (κ2) is 5.08. The van der Waals surface area contributed by atoms with Crippen molar-refractivity contribution < 1.29 is 4.79 Å². The van der Waals surface area contributed by atoms with Gasteiger partial charge in [-0.05, 0) is 5.92 Å². The standard InChI is InChI=1S/C8H12Cl3NO/c1-4-6(5(2)3)12-7(13)8(9,10)11/h4-6H,1H2,2-3H3,(H,12,13). The fourth-order valence-corrected chi connectivity index (χ4v) is 0.895. The zero-order valence-corrected chi connectivity index (χ0v) is 9.75. The smallest absolute Gasteiger partial charge is 0.272 e. The Balaban J connectivity index is 4.26. The molecule has 5 heteroatoms. The van der Waals surface area contributed by atoms with E-state index in [1.54, 1.807) is 6.08 Å². The molecule has 0 rings (SSSR count). The van der Waals surface area contributed by atoms with Crippen molar-refractivity contribution in [1.82, 2.24) is 5.32 Å². The highest BCUT2D eigenvalue weighted by atomic mass is 35.6. The number of nitrogens with one attached hydrogen (secondary N) is 1. The summed E-state index contributed by atoms with van der Waals surface area (Å²) < 4.78 is -1.91.